The monoisotopic (exact) mass is 226 g/mol. The van der Waals surface area contributed by atoms with E-state index in [1.807, 2.05) is 0 Å². The van der Waals surface area contributed by atoms with Gasteiger partial charge in [0.2, 0.25) is 0 Å². The lowest BCUT2D eigenvalue weighted by Gasteiger charge is -2.38. The molecular weight excluding hydrogens is 196 g/mol. The lowest BCUT2D eigenvalue weighted by Crippen LogP contribution is -2.36. The summed E-state index contributed by atoms with van der Waals surface area (Å²) in [7, 11) is 0. The molecule has 2 nitrogen and oxygen atoms in total. The molecule has 1 saturated carbocycles. The molecule has 96 valence electrons. The Kier molecular flexibility index (Phi) is 6.37. The Hall–Kier alpha value is -0.0800. The Morgan fingerprint density at radius 2 is 1.88 bits per heavy atom. The Morgan fingerprint density at radius 1 is 1.12 bits per heavy atom. The molecule has 2 N–H and O–H groups in total. The van der Waals surface area contributed by atoms with Crippen LogP contribution < -0.4 is 10.6 Å². The van der Waals surface area contributed by atoms with Crippen molar-refractivity contribution < 1.29 is 0 Å². The average molecular weight is 226 g/mol. The molecule has 0 aromatic heterocycles. The predicted octanol–water partition coefficient (Wildman–Crippen LogP) is 2.79. The second kappa shape index (κ2) is 7.29. The minimum Gasteiger partial charge on any atom is -0.317 e. The maximum Gasteiger partial charge on any atom is -0.00154 e. The van der Waals surface area contributed by atoms with Crippen LogP contribution >= 0.6 is 0 Å². The fourth-order valence-corrected chi connectivity index (χ4v) is 2.74. The highest BCUT2D eigenvalue weighted by Crippen LogP contribution is 2.39. The topological polar surface area (TPSA) is 24.1 Å². The van der Waals surface area contributed by atoms with Crippen LogP contribution in [0.15, 0.2) is 0 Å². The third-order valence-corrected chi connectivity index (χ3v) is 4.08. The van der Waals surface area contributed by atoms with E-state index in [9.17, 15) is 0 Å². The average Bonchev–Trinajstić information content (AvgIpc) is 2.25. The van der Waals surface area contributed by atoms with Crippen LogP contribution in [0.4, 0.5) is 0 Å². The van der Waals surface area contributed by atoms with Gasteiger partial charge in [-0.1, -0.05) is 33.6 Å². The van der Waals surface area contributed by atoms with Crippen LogP contribution in [0.2, 0.25) is 0 Å². The van der Waals surface area contributed by atoms with Crippen molar-refractivity contribution in [3.63, 3.8) is 0 Å². The van der Waals surface area contributed by atoms with E-state index in [1.165, 1.54) is 45.2 Å². The van der Waals surface area contributed by atoms with Crippen LogP contribution in [0.3, 0.4) is 0 Å². The Bertz CT molecular complexity index is 178. The zero-order valence-corrected chi connectivity index (χ0v) is 11.4. The zero-order valence-electron chi connectivity index (χ0n) is 11.4. The Morgan fingerprint density at radius 3 is 2.56 bits per heavy atom. The second-order valence-corrected chi connectivity index (χ2v) is 5.84. The molecule has 1 atom stereocenters. The smallest absolute Gasteiger partial charge is 0.00154 e. The van der Waals surface area contributed by atoms with E-state index in [-0.39, 0.29) is 0 Å². The third-order valence-electron chi connectivity index (χ3n) is 4.08. The molecule has 1 aliphatic carbocycles. The van der Waals surface area contributed by atoms with Crippen LogP contribution in [0.5, 0.6) is 0 Å². The van der Waals surface area contributed by atoms with Gasteiger partial charge in [-0.2, -0.15) is 0 Å². The molecule has 0 aromatic rings. The molecular formula is C14H30N2. The van der Waals surface area contributed by atoms with E-state index in [4.69, 9.17) is 0 Å². The first-order chi connectivity index (χ1) is 7.67. The van der Waals surface area contributed by atoms with Crippen molar-refractivity contribution in [2.45, 2.75) is 52.9 Å². The normalized spacial score (nSPS) is 24.6. The molecule has 0 aliphatic heterocycles. The summed E-state index contributed by atoms with van der Waals surface area (Å²) in [4.78, 5) is 0. The molecule has 0 spiro atoms. The third kappa shape index (κ3) is 4.84. The summed E-state index contributed by atoms with van der Waals surface area (Å²) < 4.78 is 0. The van der Waals surface area contributed by atoms with Crippen molar-refractivity contribution in [1.82, 2.24) is 10.6 Å². The lowest BCUT2D eigenvalue weighted by atomic mass is 9.69. The van der Waals surface area contributed by atoms with Gasteiger partial charge in [0.1, 0.15) is 0 Å². The second-order valence-electron chi connectivity index (χ2n) is 5.84. The highest BCUT2D eigenvalue weighted by atomic mass is 14.9. The summed E-state index contributed by atoms with van der Waals surface area (Å²) in [5.74, 6) is 0.889. The van der Waals surface area contributed by atoms with Gasteiger partial charge in [0.05, 0.1) is 0 Å². The number of hydrogen-bond donors (Lipinski definition) is 2. The van der Waals surface area contributed by atoms with Gasteiger partial charge < -0.3 is 10.6 Å². The van der Waals surface area contributed by atoms with Gasteiger partial charge in [-0.15, -0.1) is 0 Å². The molecule has 0 heterocycles. The molecule has 0 bridgehead atoms. The molecule has 1 aliphatic rings. The van der Waals surface area contributed by atoms with Crippen molar-refractivity contribution >= 4 is 0 Å². The summed E-state index contributed by atoms with van der Waals surface area (Å²) in [6, 6.07) is 0. The molecule has 0 aromatic carbocycles. The lowest BCUT2D eigenvalue weighted by molar-refractivity contribution is 0.136. The van der Waals surface area contributed by atoms with Gasteiger partial charge in [-0.05, 0) is 56.8 Å². The van der Waals surface area contributed by atoms with Gasteiger partial charge in [0, 0.05) is 0 Å². The summed E-state index contributed by atoms with van der Waals surface area (Å²) in [6.07, 6.45) is 6.96. The van der Waals surface area contributed by atoms with Gasteiger partial charge in [0.15, 0.2) is 0 Å². The predicted molar refractivity (Wildman–Crippen MR) is 71.8 cm³/mol. The van der Waals surface area contributed by atoms with Gasteiger partial charge in [-0.3, -0.25) is 0 Å². The highest BCUT2D eigenvalue weighted by molar-refractivity contribution is 4.83. The SMILES string of the molecule is CCNCCCNCC1CCCCC1(C)C. The van der Waals surface area contributed by atoms with Crippen molar-refractivity contribution in [2.24, 2.45) is 11.3 Å². The van der Waals surface area contributed by atoms with Crippen LogP contribution in [-0.4, -0.2) is 26.2 Å². The van der Waals surface area contributed by atoms with Crippen molar-refractivity contribution in [3.05, 3.63) is 0 Å². The maximum atomic E-state index is 3.63. The zero-order chi connectivity index (χ0) is 11.9. The van der Waals surface area contributed by atoms with Crippen LogP contribution in [0.25, 0.3) is 0 Å². The van der Waals surface area contributed by atoms with Crippen LogP contribution in [-0.2, 0) is 0 Å². The first-order valence-corrected chi connectivity index (χ1v) is 7.08. The first-order valence-electron chi connectivity index (χ1n) is 7.08. The van der Waals surface area contributed by atoms with Crippen molar-refractivity contribution in [1.29, 1.82) is 0 Å². The Labute approximate surface area is 102 Å². The van der Waals surface area contributed by atoms with Crippen molar-refractivity contribution in [3.8, 4) is 0 Å². The highest BCUT2D eigenvalue weighted by Gasteiger charge is 2.31. The minimum absolute atomic E-state index is 0.562. The summed E-state index contributed by atoms with van der Waals surface area (Å²) >= 11 is 0. The van der Waals surface area contributed by atoms with Crippen LogP contribution in [0, 0.1) is 11.3 Å². The molecule has 16 heavy (non-hydrogen) atoms. The number of nitrogens with one attached hydrogen (secondary N) is 2. The molecule has 1 fully saturated rings. The maximum absolute atomic E-state index is 3.63. The van der Waals surface area contributed by atoms with E-state index < -0.39 is 0 Å². The van der Waals surface area contributed by atoms with Crippen LogP contribution in [0.1, 0.15) is 52.9 Å². The largest absolute Gasteiger partial charge is 0.317 e. The Balaban J connectivity index is 2.07. The quantitative estimate of drug-likeness (QED) is 0.652. The molecule has 1 rings (SSSR count). The minimum atomic E-state index is 0.562. The molecule has 1 unspecified atom stereocenters. The van der Waals surface area contributed by atoms with Gasteiger partial charge in [0.25, 0.3) is 0 Å². The summed E-state index contributed by atoms with van der Waals surface area (Å²) in [5, 5.41) is 6.99. The number of hydrogen-bond acceptors (Lipinski definition) is 2. The number of rotatable bonds is 7. The standard InChI is InChI=1S/C14H30N2/c1-4-15-10-7-11-16-12-13-8-5-6-9-14(13,2)3/h13,15-16H,4-12H2,1-3H3. The van der Waals surface area contributed by atoms with E-state index in [0.717, 1.165) is 19.0 Å². The summed E-state index contributed by atoms with van der Waals surface area (Å²) in [5.41, 5.74) is 0.562. The fourth-order valence-electron chi connectivity index (χ4n) is 2.74. The van der Waals surface area contributed by atoms with Crippen molar-refractivity contribution in [2.75, 3.05) is 26.2 Å². The van der Waals surface area contributed by atoms with E-state index in [2.05, 4.69) is 31.4 Å². The molecule has 0 radical (unpaired) electrons. The van der Waals surface area contributed by atoms with E-state index in [1.54, 1.807) is 0 Å². The van der Waals surface area contributed by atoms with E-state index >= 15 is 0 Å². The summed E-state index contributed by atoms with van der Waals surface area (Å²) in [6.45, 7) is 11.7. The van der Waals surface area contributed by atoms with Gasteiger partial charge in [-0.25, -0.2) is 0 Å². The molecule has 0 saturated heterocycles. The molecule has 0 amide bonds. The molecule has 2 heteroatoms. The van der Waals surface area contributed by atoms with E-state index in [0.29, 0.717) is 5.41 Å². The first kappa shape index (κ1) is 14.0. The fraction of sp³-hybridized carbons (Fsp3) is 1.00. The van der Waals surface area contributed by atoms with Gasteiger partial charge >= 0.3 is 0 Å².